The highest BCUT2D eigenvalue weighted by Crippen LogP contribution is 2.24. The molecule has 2 rings (SSSR count). The van der Waals surface area contributed by atoms with Gasteiger partial charge in [-0.25, -0.2) is 0 Å². The predicted octanol–water partition coefficient (Wildman–Crippen LogP) is 1.37. The Bertz CT molecular complexity index is 535. The maximum Gasteiger partial charge on any atom is 0.267 e. The van der Waals surface area contributed by atoms with E-state index >= 15 is 0 Å². The number of nitrogens with one attached hydrogen (secondary N) is 1. The molecule has 0 saturated carbocycles. The summed E-state index contributed by atoms with van der Waals surface area (Å²) in [5.41, 5.74) is 0.490. The summed E-state index contributed by atoms with van der Waals surface area (Å²) in [4.78, 5) is 25.4. The van der Waals surface area contributed by atoms with Gasteiger partial charge in [0, 0.05) is 11.7 Å². The normalized spacial score (nSPS) is 15.3. The van der Waals surface area contributed by atoms with Gasteiger partial charge in [0.1, 0.15) is 11.3 Å². The summed E-state index contributed by atoms with van der Waals surface area (Å²) in [5.74, 6) is -1.19. The molecule has 5 nitrogen and oxygen atoms in total. The fourth-order valence-corrected chi connectivity index (χ4v) is 1.94. The molecule has 2 amide bonds. The molecule has 1 aromatic carbocycles. The Morgan fingerprint density at radius 2 is 1.95 bits per heavy atom. The molecule has 2 N–H and O–H groups in total. The molecule has 0 bridgehead atoms. The molecule has 1 aromatic rings. The van der Waals surface area contributed by atoms with Crippen LogP contribution >= 0.6 is 0 Å². The van der Waals surface area contributed by atoms with Gasteiger partial charge in [0.15, 0.2) is 0 Å². The molecule has 0 unspecified atom stereocenters. The van der Waals surface area contributed by atoms with Gasteiger partial charge in [0.05, 0.1) is 6.54 Å². The highest BCUT2D eigenvalue weighted by molar-refractivity contribution is 6.26. The Labute approximate surface area is 111 Å². The van der Waals surface area contributed by atoms with Gasteiger partial charge in [-0.3, -0.25) is 9.59 Å². The molecule has 0 fully saturated rings. The van der Waals surface area contributed by atoms with Crippen molar-refractivity contribution in [1.82, 2.24) is 5.32 Å². The fourth-order valence-electron chi connectivity index (χ4n) is 1.94. The quantitative estimate of drug-likeness (QED) is 0.806. The molecule has 0 aromatic heterocycles. The van der Waals surface area contributed by atoms with Gasteiger partial charge in [-0.05, 0) is 26.0 Å². The van der Waals surface area contributed by atoms with E-state index in [1.165, 1.54) is 4.90 Å². The van der Waals surface area contributed by atoms with Crippen molar-refractivity contribution in [3.63, 3.8) is 0 Å². The molecular formula is C14H16N2O3. The third-order valence-electron chi connectivity index (χ3n) is 2.77. The van der Waals surface area contributed by atoms with Crippen molar-refractivity contribution in [2.75, 3.05) is 11.4 Å². The molecule has 100 valence electrons. The minimum atomic E-state index is -0.532. The molecule has 1 aliphatic rings. The van der Waals surface area contributed by atoms with Crippen molar-refractivity contribution in [3.05, 3.63) is 41.7 Å². The number of para-hydroxylation sites is 1. The predicted molar refractivity (Wildman–Crippen MR) is 71.7 cm³/mol. The summed E-state index contributed by atoms with van der Waals surface area (Å²) in [6, 6.07) is 8.86. The molecule has 0 spiro atoms. The number of hydrogen-bond acceptors (Lipinski definition) is 3. The van der Waals surface area contributed by atoms with Gasteiger partial charge in [-0.15, -0.1) is 0 Å². The van der Waals surface area contributed by atoms with Crippen molar-refractivity contribution < 1.29 is 14.7 Å². The molecule has 5 heteroatoms. The first-order valence-electron chi connectivity index (χ1n) is 6.10. The first-order valence-corrected chi connectivity index (χ1v) is 6.10. The molecule has 0 aliphatic carbocycles. The standard InChI is InChI=1S/C14H16N2O3/c1-9(2)15-13(18)12-11(17)8-16(14(12)19)10-6-4-3-5-7-10/h3-7,9,17H,8H2,1-2H3,(H,15,18). The van der Waals surface area contributed by atoms with Crippen LogP contribution in [-0.4, -0.2) is 29.5 Å². The number of rotatable bonds is 3. The number of nitrogens with zero attached hydrogens (tertiary/aromatic N) is 1. The number of carbonyl (C=O) groups excluding carboxylic acids is 2. The third-order valence-corrected chi connectivity index (χ3v) is 2.77. The van der Waals surface area contributed by atoms with Crippen molar-refractivity contribution in [2.45, 2.75) is 19.9 Å². The lowest BCUT2D eigenvalue weighted by molar-refractivity contribution is -0.122. The van der Waals surface area contributed by atoms with Crippen molar-refractivity contribution >= 4 is 17.5 Å². The maximum atomic E-state index is 12.2. The van der Waals surface area contributed by atoms with Gasteiger partial charge in [0.25, 0.3) is 11.8 Å². The Hall–Kier alpha value is -2.30. The summed E-state index contributed by atoms with van der Waals surface area (Å²) >= 11 is 0. The Kier molecular flexibility index (Phi) is 3.55. The van der Waals surface area contributed by atoms with Crippen LogP contribution in [0.4, 0.5) is 5.69 Å². The van der Waals surface area contributed by atoms with Crippen molar-refractivity contribution in [2.24, 2.45) is 0 Å². The summed E-state index contributed by atoms with van der Waals surface area (Å²) in [5, 5.41) is 12.4. The minimum absolute atomic E-state index is 0.0314. The van der Waals surface area contributed by atoms with Crippen LogP contribution in [-0.2, 0) is 9.59 Å². The van der Waals surface area contributed by atoms with Crippen LogP contribution in [0.5, 0.6) is 0 Å². The zero-order valence-corrected chi connectivity index (χ0v) is 10.9. The van der Waals surface area contributed by atoms with E-state index in [0.29, 0.717) is 5.69 Å². The number of aliphatic hydroxyl groups is 1. The Balaban J connectivity index is 2.22. The highest BCUT2D eigenvalue weighted by Gasteiger charge is 2.35. The lowest BCUT2D eigenvalue weighted by Crippen LogP contribution is -2.36. The second kappa shape index (κ2) is 5.14. The summed E-state index contributed by atoms with van der Waals surface area (Å²) < 4.78 is 0. The minimum Gasteiger partial charge on any atom is -0.509 e. The van der Waals surface area contributed by atoms with E-state index in [1.54, 1.807) is 38.1 Å². The van der Waals surface area contributed by atoms with E-state index in [4.69, 9.17) is 0 Å². The van der Waals surface area contributed by atoms with Crippen LogP contribution in [0.15, 0.2) is 41.7 Å². The highest BCUT2D eigenvalue weighted by atomic mass is 16.3. The molecule has 0 radical (unpaired) electrons. The summed E-state index contributed by atoms with van der Waals surface area (Å²) in [7, 11) is 0. The smallest absolute Gasteiger partial charge is 0.267 e. The fraction of sp³-hybridized carbons (Fsp3) is 0.286. The van der Waals surface area contributed by atoms with E-state index in [9.17, 15) is 14.7 Å². The number of hydrogen-bond donors (Lipinski definition) is 2. The molecule has 1 aliphatic heterocycles. The Morgan fingerprint density at radius 1 is 1.32 bits per heavy atom. The van der Waals surface area contributed by atoms with E-state index < -0.39 is 11.8 Å². The van der Waals surface area contributed by atoms with E-state index in [1.807, 2.05) is 6.07 Å². The molecular weight excluding hydrogens is 244 g/mol. The van der Waals surface area contributed by atoms with E-state index in [-0.39, 0.29) is 23.9 Å². The van der Waals surface area contributed by atoms with Crippen molar-refractivity contribution in [3.8, 4) is 0 Å². The van der Waals surface area contributed by atoms with Gasteiger partial charge in [-0.2, -0.15) is 0 Å². The maximum absolute atomic E-state index is 12.2. The van der Waals surface area contributed by atoms with Gasteiger partial charge >= 0.3 is 0 Å². The van der Waals surface area contributed by atoms with Gasteiger partial charge < -0.3 is 15.3 Å². The lowest BCUT2D eigenvalue weighted by atomic mass is 10.2. The number of anilines is 1. The molecule has 19 heavy (non-hydrogen) atoms. The second-order valence-corrected chi connectivity index (χ2v) is 4.68. The molecule has 0 saturated heterocycles. The molecule has 1 heterocycles. The number of amides is 2. The van der Waals surface area contributed by atoms with Crippen LogP contribution < -0.4 is 10.2 Å². The first-order chi connectivity index (χ1) is 9.00. The first kappa shape index (κ1) is 13.1. The van der Waals surface area contributed by atoms with E-state index in [2.05, 4.69) is 5.32 Å². The topological polar surface area (TPSA) is 69.6 Å². The van der Waals surface area contributed by atoms with Crippen LogP contribution in [0.1, 0.15) is 13.8 Å². The van der Waals surface area contributed by atoms with Gasteiger partial charge in [-0.1, -0.05) is 18.2 Å². The van der Waals surface area contributed by atoms with Gasteiger partial charge in [0.2, 0.25) is 0 Å². The third kappa shape index (κ3) is 2.59. The zero-order valence-electron chi connectivity index (χ0n) is 10.9. The van der Waals surface area contributed by atoms with Crippen molar-refractivity contribution in [1.29, 1.82) is 0 Å². The lowest BCUT2D eigenvalue weighted by Gasteiger charge is -2.16. The SMILES string of the molecule is CC(C)NC(=O)C1=C(O)CN(c2ccccc2)C1=O. The Morgan fingerprint density at radius 3 is 2.53 bits per heavy atom. The number of benzene rings is 1. The monoisotopic (exact) mass is 260 g/mol. The average molecular weight is 260 g/mol. The zero-order chi connectivity index (χ0) is 14.0. The van der Waals surface area contributed by atoms with Crippen LogP contribution in [0.3, 0.4) is 0 Å². The average Bonchev–Trinajstić information content (AvgIpc) is 2.65. The largest absolute Gasteiger partial charge is 0.509 e. The molecule has 0 atom stereocenters. The van der Waals surface area contributed by atoms with Crippen LogP contribution in [0, 0.1) is 0 Å². The van der Waals surface area contributed by atoms with E-state index in [0.717, 1.165) is 0 Å². The van der Waals surface area contributed by atoms with Crippen LogP contribution in [0.2, 0.25) is 0 Å². The number of aliphatic hydroxyl groups excluding tert-OH is 1. The van der Waals surface area contributed by atoms with Crippen LogP contribution in [0.25, 0.3) is 0 Å². The summed E-state index contributed by atoms with van der Waals surface area (Å²) in [6.45, 7) is 3.62. The second-order valence-electron chi connectivity index (χ2n) is 4.68. The summed E-state index contributed by atoms with van der Waals surface area (Å²) in [6.07, 6.45) is 0. The number of carbonyl (C=O) groups is 2.